The van der Waals surface area contributed by atoms with E-state index < -0.39 is 0 Å². The molecule has 0 aliphatic carbocycles. The van der Waals surface area contributed by atoms with Crippen LogP contribution in [0, 0.1) is 6.92 Å². The quantitative estimate of drug-likeness (QED) is 0.801. The highest BCUT2D eigenvalue weighted by Gasteiger charge is 2.13. The molecule has 1 aromatic carbocycles. The fourth-order valence-corrected chi connectivity index (χ4v) is 2.39. The lowest BCUT2D eigenvalue weighted by Crippen LogP contribution is -2.20. The molecule has 0 fully saturated rings. The van der Waals surface area contributed by atoms with Crippen molar-refractivity contribution in [3.63, 3.8) is 0 Å². The minimum Gasteiger partial charge on any atom is -0.465 e. The van der Waals surface area contributed by atoms with Crippen LogP contribution in [0.1, 0.15) is 42.9 Å². The average molecular weight is 257 g/mol. The van der Waals surface area contributed by atoms with Crippen LogP contribution in [-0.4, -0.2) is 6.54 Å². The maximum atomic E-state index is 5.74. The first-order chi connectivity index (χ1) is 9.29. The number of hydrogen-bond acceptors (Lipinski definition) is 2. The van der Waals surface area contributed by atoms with E-state index in [2.05, 4.69) is 48.6 Å². The van der Waals surface area contributed by atoms with Gasteiger partial charge in [-0.1, -0.05) is 37.3 Å². The van der Waals surface area contributed by atoms with Gasteiger partial charge in [0.1, 0.15) is 11.5 Å². The molecule has 1 aromatic heterocycles. The third-order valence-electron chi connectivity index (χ3n) is 3.36. The standard InChI is InChI=1S/C17H23NO/c1-3-18-16(17-13-12-14(2)19-17)11-7-10-15-8-5-4-6-9-15/h4-6,8-9,12-13,16,18H,3,7,10-11H2,1-2H3. The largest absolute Gasteiger partial charge is 0.465 e. The second-order valence-electron chi connectivity index (χ2n) is 4.94. The molecule has 0 spiro atoms. The Labute approximate surface area is 115 Å². The van der Waals surface area contributed by atoms with Crippen LogP contribution in [0.3, 0.4) is 0 Å². The van der Waals surface area contributed by atoms with Crippen LogP contribution in [0.4, 0.5) is 0 Å². The van der Waals surface area contributed by atoms with E-state index in [0.29, 0.717) is 6.04 Å². The lowest BCUT2D eigenvalue weighted by atomic mass is 10.0. The third kappa shape index (κ3) is 4.25. The van der Waals surface area contributed by atoms with Gasteiger partial charge in [0.05, 0.1) is 6.04 Å². The van der Waals surface area contributed by atoms with Gasteiger partial charge in [0.2, 0.25) is 0 Å². The first-order valence-corrected chi connectivity index (χ1v) is 7.13. The van der Waals surface area contributed by atoms with Crippen LogP contribution in [0.2, 0.25) is 0 Å². The van der Waals surface area contributed by atoms with Gasteiger partial charge in [0.25, 0.3) is 0 Å². The fourth-order valence-electron chi connectivity index (χ4n) is 2.39. The predicted octanol–water partition coefficient (Wildman–Crippen LogP) is 4.26. The Morgan fingerprint density at radius 1 is 1.11 bits per heavy atom. The highest BCUT2D eigenvalue weighted by molar-refractivity contribution is 5.15. The first kappa shape index (κ1) is 13.9. The maximum Gasteiger partial charge on any atom is 0.121 e. The first-order valence-electron chi connectivity index (χ1n) is 7.13. The minimum absolute atomic E-state index is 0.336. The number of hydrogen-bond donors (Lipinski definition) is 1. The van der Waals surface area contributed by atoms with Crippen molar-refractivity contribution < 1.29 is 4.42 Å². The summed E-state index contributed by atoms with van der Waals surface area (Å²) in [5.74, 6) is 2.05. The fraction of sp³-hybridized carbons (Fsp3) is 0.412. The van der Waals surface area contributed by atoms with Crippen molar-refractivity contribution in [1.82, 2.24) is 5.32 Å². The van der Waals surface area contributed by atoms with Crippen LogP contribution in [0.25, 0.3) is 0 Å². The van der Waals surface area contributed by atoms with Crippen LogP contribution in [0.5, 0.6) is 0 Å². The number of aryl methyl sites for hydroxylation is 2. The van der Waals surface area contributed by atoms with Crippen molar-refractivity contribution in [3.8, 4) is 0 Å². The highest BCUT2D eigenvalue weighted by Crippen LogP contribution is 2.21. The molecular weight excluding hydrogens is 234 g/mol. The second-order valence-corrected chi connectivity index (χ2v) is 4.94. The van der Waals surface area contributed by atoms with Crippen LogP contribution >= 0.6 is 0 Å². The van der Waals surface area contributed by atoms with Gasteiger partial charge in [-0.2, -0.15) is 0 Å². The molecule has 2 aromatic rings. The molecule has 102 valence electrons. The molecule has 0 aliphatic heterocycles. The van der Waals surface area contributed by atoms with Gasteiger partial charge < -0.3 is 9.73 Å². The summed E-state index contributed by atoms with van der Waals surface area (Å²) in [6.45, 7) is 5.10. The Hall–Kier alpha value is -1.54. The maximum absolute atomic E-state index is 5.74. The van der Waals surface area contributed by atoms with E-state index in [1.165, 1.54) is 12.0 Å². The zero-order valence-electron chi connectivity index (χ0n) is 11.9. The molecule has 1 unspecified atom stereocenters. The van der Waals surface area contributed by atoms with Gasteiger partial charge >= 0.3 is 0 Å². The summed E-state index contributed by atoms with van der Waals surface area (Å²) in [5, 5.41) is 3.50. The lowest BCUT2D eigenvalue weighted by molar-refractivity contribution is 0.384. The van der Waals surface area contributed by atoms with Gasteiger partial charge in [-0.05, 0) is 50.4 Å². The van der Waals surface area contributed by atoms with E-state index in [9.17, 15) is 0 Å². The lowest BCUT2D eigenvalue weighted by Gasteiger charge is -2.15. The molecule has 2 rings (SSSR count). The van der Waals surface area contributed by atoms with Crippen molar-refractivity contribution in [3.05, 3.63) is 59.5 Å². The van der Waals surface area contributed by atoms with Crippen molar-refractivity contribution in [1.29, 1.82) is 0 Å². The van der Waals surface area contributed by atoms with E-state index >= 15 is 0 Å². The molecule has 0 saturated heterocycles. The zero-order chi connectivity index (χ0) is 13.5. The van der Waals surface area contributed by atoms with Crippen molar-refractivity contribution in [2.45, 2.75) is 39.2 Å². The predicted molar refractivity (Wildman–Crippen MR) is 79.2 cm³/mol. The summed E-state index contributed by atoms with van der Waals surface area (Å²) in [4.78, 5) is 0. The monoisotopic (exact) mass is 257 g/mol. The van der Waals surface area contributed by atoms with Gasteiger partial charge in [-0.25, -0.2) is 0 Å². The van der Waals surface area contributed by atoms with E-state index in [1.54, 1.807) is 0 Å². The Morgan fingerprint density at radius 2 is 1.89 bits per heavy atom. The minimum atomic E-state index is 0.336. The van der Waals surface area contributed by atoms with E-state index in [4.69, 9.17) is 4.42 Å². The zero-order valence-corrected chi connectivity index (χ0v) is 11.9. The topological polar surface area (TPSA) is 25.2 Å². The molecule has 19 heavy (non-hydrogen) atoms. The smallest absolute Gasteiger partial charge is 0.121 e. The molecule has 1 N–H and O–H groups in total. The summed E-state index contributed by atoms with van der Waals surface area (Å²) in [7, 11) is 0. The summed E-state index contributed by atoms with van der Waals surface area (Å²) < 4.78 is 5.74. The SMILES string of the molecule is CCNC(CCCc1ccccc1)c1ccc(C)o1. The number of furan rings is 1. The van der Waals surface area contributed by atoms with Gasteiger partial charge in [0.15, 0.2) is 0 Å². The van der Waals surface area contributed by atoms with Gasteiger partial charge in [0, 0.05) is 0 Å². The summed E-state index contributed by atoms with van der Waals surface area (Å²) >= 11 is 0. The molecular formula is C17H23NO. The van der Waals surface area contributed by atoms with Crippen molar-refractivity contribution in [2.75, 3.05) is 6.54 Å². The Balaban J connectivity index is 1.87. The molecule has 1 heterocycles. The van der Waals surface area contributed by atoms with Gasteiger partial charge in [-0.15, -0.1) is 0 Å². The molecule has 0 radical (unpaired) electrons. The third-order valence-corrected chi connectivity index (χ3v) is 3.36. The number of benzene rings is 1. The van der Waals surface area contributed by atoms with Gasteiger partial charge in [-0.3, -0.25) is 0 Å². The molecule has 0 bridgehead atoms. The van der Waals surface area contributed by atoms with Crippen LogP contribution in [0.15, 0.2) is 46.9 Å². The summed E-state index contributed by atoms with van der Waals surface area (Å²) in [6.07, 6.45) is 3.40. The molecule has 0 amide bonds. The van der Waals surface area contributed by atoms with Crippen molar-refractivity contribution in [2.24, 2.45) is 0 Å². The summed E-state index contributed by atoms with van der Waals surface area (Å²) in [6, 6.07) is 15.1. The average Bonchev–Trinajstić information content (AvgIpc) is 2.86. The normalized spacial score (nSPS) is 12.5. The molecule has 2 nitrogen and oxygen atoms in total. The highest BCUT2D eigenvalue weighted by atomic mass is 16.3. The molecule has 2 heteroatoms. The molecule has 0 aliphatic rings. The van der Waals surface area contributed by atoms with E-state index in [-0.39, 0.29) is 0 Å². The Kier molecular flexibility index (Phi) is 5.22. The van der Waals surface area contributed by atoms with E-state index in [0.717, 1.165) is 30.9 Å². The van der Waals surface area contributed by atoms with Crippen molar-refractivity contribution >= 4 is 0 Å². The molecule has 0 saturated carbocycles. The van der Waals surface area contributed by atoms with Crippen LogP contribution in [-0.2, 0) is 6.42 Å². The van der Waals surface area contributed by atoms with E-state index in [1.807, 2.05) is 13.0 Å². The van der Waals surface area contributed by atoms with Crippen LogP contribution < -0.4 is 5.32 Å². The Bertz CT molecular complexity index is 475. The molecule has 1 atom stereocenters. The number of rotatable bonds is 7. The number of nitrogens with one attached hydrogen (secondary N) is 1. The second kappa shape index (κ2) is 7.15. The summed E-state index contributed by atoms with van der Waals surface area (Å²) in [5.41, 5.74) is 1.41. The Morgan fingerprint density at radius 3 is 2.53 bits per heavy atom.